The number of carbonyl (C=O) groups is 1. The molecule has 0 aromatic heterocycles. The molecular weight excluding hydrogens is 388 g/mol. The number of aryl methyl sites for hydroxylation is 1. The first kappa shape index (κ1) is 20.9. The van der Waals surface area contributed by atoms with Crippen LogP contribution in [-0.4, -0.2) is 26.7 Å². The van der Waals surface area contributed by atoms with Crippen molar-refractivity contribution in [1.29, 1.82) is 0 Å². The lowest BCUT2D eigenvalue weighted by molar-refractivity contribution is 0.0545. The van der Waals surface area contributed by atoms with Crippen LogP contribution in [0.3, 0.4) is 0 Å². The van der Waals surface area contributed by atoms with E-state index in [0.29, 0.717) is 23.4 Å². The molecule has 0 saturated heterocycles. The van der Waals surface area contributed by atoms with Gasteiger partial charge < -0.3 is 4.74 Å². The molecule has 7 heteroatoms. The summed E-state index contributed by atoms with van der Waals surface area (Å²) in [6.07, 6.45) is 1.58. The normalized spacial score (nSPS) is 14.5. The second-order valence-electron chi connectivity index (χ2n) is 8.00. The maximum absolute atomic E-state index is 13.3. The Hall–Kier alpha value is -2.80. The quantitative estimate of drug-likeness (QED) is 0.805. The van der Waals surface area contributed by atoms with Gasteiger partial charge in [-0.1, -0.05) is 35.9 Å². The molecular formula is C22H26N2O4S. The van der Waals surface area contributed by atoms with Crippen molar-refractivity contribution in [3.63, 3.8) is 0 Å². The van der Waals surface area contributed by atoms with E-state index >= 15 is 0 Å². The number of ether oxygens (including phenoxy) is 1. The third-order valence-electron chi connectivity index (χ3n) is 4.39. The summed E-state index contributed by atoms with van der Waals surface area (Å²) in [5, 5.41) is 2.75. The average Bonchev–Trinajstić information content (AvgIpc) is 2.79. The zero-order valence-corrected chi connectivity index (χ0v) is 17.9. The summed E-state index contributed by atoms with van der Waals surface area (Å²) in [4.78, 5) is 12.4. The average molecular weight is 415 g/mol. The number of anilines is 1. The van der Waals surface area contributed by atoms with E-state index in [9.17, 15) is 13.2 Å². The summed E-state index contributed by atoms with van der Waals surface area (Å²) < 4.78 is 33.4. The number of para-hydroxylation sites is 1. The molecule has 0 spiro atoms. The van der Waals surface area contributed by atoms with Crippen molar-refractivity contribution in [1.82, 2.24) is 5.32 Å². The van der Waals surface area contributed by atoms with Crippen LogP contribution in [0.5, 0.6) is 0 Å². The van der Waals surface area contributed by atoms with E-state index in [2.05, 4.69) is 5.32 Å². The van der Waals surface area contributed by atoms with Crippen LogP contribution in [0, 0.1) is 6.92 Å². The molecule has 0 atom stereocenters. The number of benzene rings is 2. The Kier molecular flexibility index (Phi) is 5.71. The summed E-state index contributed by atoms with van der Waals surface area (Å²) in [5.41, 5.74) is 2.27. The second-order valence-corrected chi connectivity index (χ2v) is 9.86. The Morgan fingerprint density at radius 2 is 1.72 bits per heavy atom. The second kappa shape index (κ2) is 7.91. The standard InChI is InChI=1S/C22H26N2O4S/c1-16-9-11-19(12-10-16)29(26,27)24-14-13-18(23-21(25)28-22(2,3)4)15-17-7-5-6-8-20(17)24/h5-12,15H,13-14H2,1-4H3,(H,23,25). The molecule has 1 amide bonds. The summed E-state index contributed by atoms with van der Waals surface area (Å²) in [7, 11) is -3.74. The van der Waals surface area contributed by atoms with Gasteiger partial charge in [-0.15, -0.1) is 0 Å². The Balaban J connectivity index is 1.92. The molecule has 29 heavy (non-hydrogen) atoms. The van der Waals surface area contributed by atoms with Gasteiger partial charge in [0.15, 0.2) is 0 Å². The third kappa shape index (κ3) is 4.98. The van der Waals surface area contributed by atoms with Crippen LogP contribution in [0.15, 0.2) is 59.1 Å². The zero-order valence-electron chi connectivity index (χ0n) is 17.1. The largest absolute Gasteiger partial charge is 0.444 e. The molecule has 1 N–H and O–H groups in total. The number of sulfonamides is 1. The van der Waals surface area contributed by atoms with Crippen LogP contribution in [0.2, 0.25) is 0 Å². The summed E-state index contributed by atoms with van der Waals surface area (Å²) in [6, 6.07) is 14.0. The number of amides is 1. The van der Waals surface area contributed by atoms with Crippen molar-refractivity contribution in [2.24, 2.45) is 0 Å². The van der Waals surface area contributed by atoms with E-state index in [1.807, 2.05) is 19.1 Å². The fourth-order valence-corrected chi connectivity index (χ4v) is 4.55. The van der Waals surface area contributed by atoms with Gasteiger partial charge in [0.2, 0.25) is 0 Å². The highest BCUT2D eigenvalue weighted by Gasteiger charge is 2.28. The first-order valence-corrected chi connectivity index (χ1v) is 10.9. The van der Waals surface area contributed by atoms with Crippen molar-refractivity contribution >= 4 is 27.9 Å². The molecule has 1 aliphatic heterocycles. The lowest BCUT2D eigenvalue weighted by Gasteiger charge is -2.25. The van der Waals surface area contributed by atoms with Gasteiger partial charge in [-0.3, -0.25) is 9.62 Å². The number of carbonyl (C=O) groups excluding carboxylic acids is 1. The maximum atomic E-state index is 13.3. The van der Waals surface area contributed by atoms with Gasteiger partial charge in [0.05, 0.1) is 10.6 Å². The Labute approximate surface area is 172 Å². The Morgan fingerprint density at radius 3 is 2.38 bits per heavy atom. The summed E-state index contributed by atoms with van der Waals surface area (Å²) >= 11 is 0. The number of hydrogen-bond donors (Lipinski definition) is 1. The highest BCUT2D eigenvalue weighted by Crippen LogP contribution is 2.32. The highest BCUT2D eigenvalue weighted by molar-refractivity contribution is 7.92. The van der Waals surface area contributed by atoms with Crippen molar-refractivity contribution in [2.45, 2.75) is 44.6 Å². The Bertz CT molecular complexity index is 1040. The first-order valence-electron chi connectivity index (χ1n) is 9.45. The van der Waals surface area contributed by atoms with Gasteiger partial charge in [0, 0.05) is 24.2 Å². The van der Waals surface area contributed by atoms with E-state index in [1.165, 1.54) is 4.31 Å². The van der Waals surface area contributed by atoms with Gasteiger partial charge in [-0.05, 0) is 52.0 Å². The fourth-order valence-electron chi connectivity index (χ4n) is 3.06. The van der Waals surface area contributed by atoms with Crippen LogP contribution < -0.4 is 9.62 Å². The number of nitrogens with one attached hydrogen (secondary N) is 1. The number of rotatable bonds is 3. The molecule has 2 aromatic carbocycles. The molecule has 0 fully saturated rings. The molecule has 0 unspecified atom stereocenters. The number of nitrogens with zero attached hydrogens (tertiary/aromatic N) is 1. The van der Waals surface area contributed by atoms with Crippen LogP contribution in [0.1, 0.15) is 38.3 Å². The molecule has 0 radical (unpaired) electrons. The first-order chi connectivity index (χ1) is 13.6. The van der Waals surface area contributed by atoms with Crippen LogP contribution in [-0.2, 0) is 14.8 Å². The van der Waals surface area contributed by atoms with Crippen LogP contribution >= 0.6 is 0 Å². The van der Waals surface area contributed by atoms with E-state index in [-0.39, 0.29) is 11.4 Å². The van der Waals surface area contributed by atoms with Crippen molar-refractivity contribution in [3.05, 3.63) is 65.4 Å². The molecule has 2 aromatic rings. The van der Waals surface area contributed by atoms with E-state index in [0.717, 1.165) is 5.56 Å². The molecule has 6 nitrogen and oxygen atoms in total. The minimum absolute atomic E-state index is 0.203. The topological polar surface area (TPSA) is 75.7 Å². The maximum Gasteiger partial charge on any atom is 0.411 e. The predicted octanol–water partition coefficient (Wildman–Crippen LogP) is 4.46. The number of hydrogen-bond acceptors (Lipinski definition) is 4. The minimum atomic E-state index is -3.74. The van der Waals surface area contributed by atoms with Crippen LogP contribution in [0.25, 0.3) is 6.08 Å². The Morgan fingerprint density at radius 1 is 1.07 bits per heavy atom. The number of alkyl carbamates (subject to hydrolysis) is 1. The molecule has 0 saturated carbocycles. The fraction of sp³-hybridized carbons (Fsp3) is 0.318. The highest BCUT2D eigenvalue weighted by atomic mass is 32.2. The summed E-state index contributed by atoms with van der Waals surface area (Å²) in [5.74, 6) is 0. The van der Waals surface area contributed by atoms with Gasteiger partial charge in [-0.2, -0.15) is 0 Å². The smallest absolute Gasteiger partial charge is 0.411 e. The van der Waals surface area contributed by atoms with Crippen molar-refractivity contribution < 1.29 is 17.9 Å². The number of fused-ring (bicyclic) bond motifs is 1. The lowest BCUT2D eigenvalue weighted by Crippen LogP contribution is -2.34. The van der Waals surface area contributed by atoms with Gasteiger partial charge in [0.1, 0.15) is 5.60 Å². The van der Waals surface area contributed by atoms with Crippen molar-refractivity contribution in [3.8, 4) is 0 Å². The van der Waals surface area contributed by atoms with Gasteiger partial charge in [-0.25, -0.2) is 13.2 Å². The van der Waals surface area contributed by atoms with Crippen molar-refractivity contribution in [2.75, 3.05) is 10.8 Å². The molecule has 1 aliphatic rings. The molecule has 0 bridgehead atoms. The van der Waals surface area contributed by atoms with Crippen LogP contribution in [0.4, 0.5) is 10.5 Å². The molecule has 3 rings (SSSR count). The SMILES string of the molecule is Cc1ccc(S(=O)(=O)N2CCC(NC(=O)OC(C)(C)C)=Cc3ccccc32)cc1. The zero-order chi connectivity index (χ0) is 21.2. The predicted molar refractivity (Wildman–Crippen MR) is 114 cm³/mol. The third-order valence-corrected chi connectivity index (χ3v) is 6.22. The minimum Gasteiger partial charge on any atom is -0.444 e. The van der Waals surface area contributed by atoms with E-state index in [4.69, 9.17) is 4.74 Å². The molecule has 1 heterocycles. The molecule has 154 valence electrons. The van der Waals surface area contributed by atoms with Gasteiger partial charge >= 0.3 is 6.09 Å². The van der Waals surface area contributed by atoms with Gasteiger partial charge in [0.25, 0.3) is 10.0 Å². The van der Waals surface area contributed by atoms with E-state index in [1.54, 1.807) is 63.2 Å². The monoisotopic (exact) mass is 414 g/mol. The lowest BCUT2D eigenvalue weighted by atomic mass is 10.1. The summed E-state index contributed by atoms with van der Waals surface area (Å²) in [6.45, 7) is 7.49. The van der Waals surface area contributed by atoms with E-state index < -0.39 is 21.7 Å². The molecule has 0 aliphatic carbocycles.